The monoisotopic (exact) mass is 202 g/mol. The molecule has 0 fully saturated rings. The molecule has 2 aromatic rings. The first-order chi connectivity index (χ1) is 7.15. The fourth-order valence-electron chi connectivity index (χ4n) is 1.51. The zero-order valence-corrected chi connectivity index (χ0v) is 7.79. The highest BCUT2D eigenvalue weighted by molar-refractivity contribution is 5.77. The van der Waals surface area contributed by atoms with Crippen molar-refractivity contribution in [2.75, 3.05) is 0 Å². The van der Waals surface area contributed by atoms with Crippen LogP contribution >= 0.6 is 0 Å². The molecule has 0 N–H and O–H groups in total. The summed E-state index contributed by atoms with van der Waals surface area (Å²) in [6.07, 6.45) is 1.35. The van der Waals surface area contributed by atoms with Gasteiger partial charge in [-0.1, -0.05) is 24.8 Å². The maximum absolute atomic E-state index is 12.6. The summed E-state index contributed by atoms with van der Waals surface area (Å²) < 4.78 is 12.6. The van der Waals surface area contributed by atoms with E-state index in [1.807, 2.05) is 0 Å². The molecule has 0 saturated heterocycles. The van der Waals surface area contributed by atoms with Crippen LogP contribution in [0.25, 0.3) is 17.2 Å². The first-order valence-corrected chi connectivity index (χ1v) is 4.37. The highest BCUT2D eigenvalue weighted by atomic mass is 19.1. The lowest BCUT2D eigenvalue weighted by molar-refractivity contribution is 0.628. The Morgan fingerprint density at radius 1 is 1.07 bits per heavy atom. The van der Waals surface area contributed by atoms with Gasteiger partial charge in [-0.15, -0.1) is 0 Å². The molecule has 0 bridgehead atoms. The van der Waals surface area contributed by atoms with Gasteiger partial charge in [0.1, 0.15) is 5.82 Å². The van der Waals surface area contributed by atoms with Gasteiger partial charge >= 0.3 is 0 Å². The van der Waals surface area contributed by atoms with Gasteiger partial charge in [0.05, 0.1) is 0 Å². The van der Waals surface area contributed by atoms with Crippen LogP contribution in [0.4, 0.5) is 4.39 Å². The summed E-state index contributed by atoms with van der Waals surface area (Å²) in [7, 11) is 0. The highest BCUT2D eigenvalue weighted by Gasteiger charge is 2.19. The number of rotatable bonds is 2. The highest BCUT2D eigenvalue weighted by Crippen LogP contribution is 2.20. The normalized spacial score (nSPS) is 10.5. The second kappa shape index (κ2) is 3.28. The molecule has 15 heavy (non-hydrogen) atoms. The van der Waals surface area contributed by atoms with Crippen molar-refractivity contribution < 1.29 is 4.39 Å². The van der Waals surface area contributed by atoms with Crippen LogP contribution in [0, 0.1) is 5.82 Å². The van der Waals surface area contributed by atoms with Crippen LogP contribution in [0.1, 0.15) is 5.56 Å². The maximum Gasteiger partial charge on any atom is 0.234 e. The Labute approximate surface area is 85.0 Å². The van der Waals surface area contributed by atoms with Crippen molar-refractivity contribution in [2.45, 2.75) is 0 Å². The van der Waals surface area contributed by atoms with Gasteiger partial charge < -0.3 is 0 Å². The fourth-order valence-corrected chi connectivity index (χ4v) is 1.51. The number of benzene rings is 1. The third-order valence-corrected chi connectivity index (χ3v) is 2.28. The largest absolute Gasteiger partial charge is 0.285 e. The summed E-state index contributed by atoms with van der Waals surface area (Å²) in [4.78, 5) is 22.4. The molecule has 0 radical (unpaired) electrons. The van der Waals surface area contributed by atoms with E-state index in [0.717, 1.165) is 0 Å². The topological polar surface area (TPSA) is 34.1 Å². The van der Waals surface area contributed by atoms with E-state index in [0.29, 0.717) is 16.7 Å². The predicted molar refractivity (Wildman–Crippen MR) is 56.8 cm³/mol. The van der Waals surface area contributed by atoms with Gasteiger partial charge in [-0.05, 0) is 17.7 Å². The first-order valence-electron chi connectivity index (χ1n) is 4.37. The van der Waals surface area contributed by atoms with E-state index < -0.39 is 10.9 Å². The molecule has 2 rings (SSSR count). The Morgan fingerprint density at radius 3 is 2.20 bits per heavy atom. The van der Waals surface area contributed by atoms with Crippen molar-refractivity contribution in [3.63, 3.8) is 0 Å². The molecule has 0 aliphatic rings. The van der Waals surface area contributed by atoms with Crippen molar-refractivity contribution in [1.82, 2.24) is 0 Å². The Morgan fingerprint density at radius 2 is 1.67 bits per heavy atom. The lowest BCUT2D eigenvalue weighted by Gasteiger charge is -2.06. The van der Waals surface area contributed by atoms with Crippen molar-refractivity contribution in [3.05, 3.63) is 62.7 Å². The molecule has 74 valence electrons. The average Bonchev–Trinajstić information content (AvgIpc) is 2.26. The molecule has 0 aliphatic heterocycles. The number of hydrogen-bond acceptors (Lipinski definition) is 2. The average molecular weight is 202 g/mol. The minimum Gasteiger partial charge on any atom is -0.285 e. The van der Waals surface area contributed by atoms with Crippen molar-refractivity contribution in [1.29, 1.82) is 0 Å². The summed E-state index contributed by atoms with van der Waals surface area (Å²) in [6, 6.07) is 5.44. The predicted octanol–water partition coefficient (Wildman–Crippen LogP) is 1.73. The molecule has 0 atom stereocenters. The van der Waals surface area contributed by atoms with Gasteiger partial charge in [0.15, 0.2) is 0 Å². The lowest BCUT2D eigenvalue weighted by Crippen LogP contribution is -2.35. The van der Waals surface area contributed by atoms with Gasteiger partial charge in [-0.25, -0.2) is 4.39 Å². The van der Waals surface area contributed by atoms with Crippen LogP contribution < -0.4 is 10.9 Å². The molecule has 0 heterocycles. The third-order valence-electron chi connectivity index (χ3n) is 2.28. The van der Waals surface area contributed by atoms with E-state index in [-0.39, 0.29) is 5.82 Å². The maximum atomic E-state index is 12.6. The van der Waals surface area contributed by atoms with Crippen molar-refractivity contribution in [2.24, 2.45) is 0 Å². The van der Waals surface area contributed by atoms with Gasteiger partial charge in [0.2, 0.25) is 10.9 Å². The lowest BCUT2D eigenvalue weighted by atomic mass is 9.94. The van der Waals surface area contributed by atoms with Crippen LogP contribution in [0.3, 0.4) is 0 Å². The Kier molecular flexibility index (Phi) is 2.08. The van der Waals surface area contributed by atoms with Crippen molar-refractivity contribution >= 4 is 6.08 Å². The van der Waals surface area contributed by atoms with E-state index in [1.54, 1.807) is 0 Å². The molecule has 0 amide bonds. The summed E-state index contributed by atoms with van der Waals surface area (Å²) in [5.41, 5.74) is 0.137. The van der Waals surface area contributed by atoms with Gasteiger partial charge in [0, 0.05) is 11.1 Å². The van der Waals surface area contributed by atoms with Crippen LogP contribution in [0.15, 0.2) is 40.4 Å². The first kappa shape index (κ1) is 9.52. The summed E-state index contributed by atoms with van der Waals surface area (Å²) in [5, 5.41) is 0. The molecule has 0 unspecified atom stereocenters. The van der Waals surface area contributed by atoms with Crippen LogP contribution in [0.2, 0.25) is 0 Å². The minimum absolute atomic E-state index is 0.312. The number of hydrogen-bond donors (Lipinski definition) is 0. The van der Waals surface area contributed by atoms with Crippen LogP contribution in [-0.4, -0.2) is 0 Å². The molecular formula is C12H7FO2. The van der Waals surface area contributed by atoms with Crippen LogP contribution in [-0.2, 0) is 0 Å². The molecule has 2 aromatic carbocycles. The molecule has 2 nitrogen and oxygen atoms in total. The van der Waals surface area contributed by atoms with E-state index >= 15 is 0 Å². The SMILES string of the molecule is C=Cc1c(-c2ccc(F)cc2)c(=O)c1=O. The molecular weight excluding hydrogens is 195 g/mol. The van der Waals surface area contributed by atoms with Gasteiger partial charge in [-0.3, -0.25) is 9.59 Å². The van der Waals surface area contributed by atoms with Crippen molar-refractivity contribution in [3.8, 4) is 11.1 Å². The molecule has 0 saturated carbocycles. The molecule has 0 spiro atoms. The smallest absolute Gasteiger partial charge is 0.234 e. The van der Waals surface area contributed by atoms with Crippen LogP contribution in [0.5, 0.6) is 0 Å². The zero-order chi connectivity index (χ0) is 11.0. The van der Waals surface area contributed by atoms with Gasteiger partial charge in [0.25, 0.3) is 0 Å². The summed E-state index contributed by atoms with van der Waals surface area (Å²) in [5.74, 6) is -0.377. The standard InChI is InChI=1S/C12H7FO2/c1-2-9-10(12(15)11(9)14)7-3-5-8(13)6-4-7/h2-6H,1H2. The zero-order valence-electron chi connectivity index (χ0n) is 7.79. The number of halogens is 1. The quantitative estimate of drug-likeness (QED) is 0.695. The van der Waals surface area contributed by atoms with E-state index in [2.05, 4.69) is 6.58 Å². The second-order valence-corrected chi connectivity index (χ2v) is 3.16. The molecule has 0 aromatic heterocycles. The second-order valence-electron chi connectivity index (χ2n) is 3.16. The Balaban J connectivity index is 2.61. The molecule has 3 heteroatoms. The Hall–Kier alpha value is -2.03. The fraction of sp³-hybridized carbons (Fsp3) is 0. The molecule has 0 aliphatic carbocycles. The van der Waals surface area contributed by atoms with E-state index in [1.165, 1.54) is 30.3 Å². The van der Waals surface area contributed by atoms with E-state index in [9.17, 15) is 14.0 Å². The van der Waals surface area contributed by atoms with Gasteiger partial charge in [-0.2, -0.15) is 0 Å². The van der Waals surface area contributed by atoms with E-state index in [4.69, 9.17) is 0 Å². The Bertz CT molecular complexity index is 587. The third kappa shape index (κ3) is 1.32. The minimum atomic E-state index is -0.531. The summed E-state index contributed by atoms with van der Waals surface area (Å²) in [6.45, 7) is 3.46. The summed E-state index contributed by atoms with van der Waals surface area (Å²) >= 11 is 0.